The van der Waals surface area contributed by atoms with Crippen LogP contribution in [0.25, 0.3) is 16.7 Å². The average Bonchev–Trinajstić information content (AvgIpc) is 3.02. The maximum absolute atomic E-state index is 12.7. The van der Waals surface area contributed by atoms with Crippen LogP contribution in [0.3, 0.4) is 0 Å². The first-order valence-electron chi connectivity index (χ1n) is 7.60. The standard InChI is InChI=1S/C16H17N5O/c22-16-14-11-18-21(13-7-3-1-4-8-13)15(14)17-12-20(16)19-9-5-2-6-10-19/h1,3-4,7-8,11-12H,2,5-6,9-10H2. The lowest BCUT2D eigenvalue weighted by molar-refractivity contribution is 0.468. The van der Waals surface area contributed by atoms with E-state index < -0.39 is 0 Å². The lowest BCUT2D eigenvalue weighted by Crippen LogP contribution is -2.45. The summed E-state index contributed by atoms with van der Waals surface area (Å²) in [6, 6.07) is 9.73. The summed E-state index contributed by atoms with van der Waals surface area (Å²) < 4.78 is 3.34. The highest BCUT2D eigenvalue weighted by molar-refractivity contribution is 5.74. The average molecular weight is 295 g/mol. The second-order valence-electron chi connectivity index (χ2n) is 5.54. The predicted octanol–water partition coefficient (Wildman–Crippen LogP) is 1.70. The molecule has 2 aromatic heterocycles. The van der Waals surface area contributed by atoms with Crippen molar-refractivity contribution in [2.24, 2.45) is 0 Å². The summed E-state index contributed by atoms with van der Waals surface area (Å²) in [5.41, 5.74) is 1.46. The number of fused-ring (bicyclic) bond motifs is 1. The molecule has 0 amide bonds. The van der Waals surface area contributed by atoms with Crippen LogP contribution in [0.4, 0.5) is 0 Å². The fraction of sp³-hybridized carbons (Fsp3) is 0.312. The van der Waals surface area contributed by atoms with Gasteiger partial charge in [0.15, 0.2) is 5.65 Å². The van der Waals surface area contributed by atoms with Gasteiger partial charge >= 0.3 is 0 Å². The van der Waals surface area contributed by atoms with E-state index in [0.717, 1.165) is 31.6 Å². The van der Waals surface area contributed by atoms with Crippen molar-refractivity contribution in [3.63, 3.8) is 0 Å². The van der Waals surface area contributed by atoms with Gasteiger partial charge in [-0.3, -0.25) is 4.79 Å². The lowest BCUT2D eigenvalue weighted by Gasteiger charge is -2.29. The predicted molar refractivity (Wildman–Crippen MR) is 84.9 cm³/mol. The number of piperidine rings is 1. The van der Waals surface area contributed by atoms with Gasteiger partial charge in [0.1, 0.15) is 11.7 Å². The zero-order valence-electron chi connectivity index (χ0n) is 12.2. The fourth-order valence-corrected chi connectivity index (χ4v) is 2.95. The Balaban J connectivity index is 1.82. The van der Waals surface area contributed by atoms with Crippen LogP contribution in [0.2, 0.25) is 0 Å². The molecule has 1 aliphatic heterocycles. The van der Waals surface area contributed by atoms with Crippen molar-refractivity contribution in [2.75, 3.05) is 18.1 Å². The molecule has 22 heavy (non-hydrogen) atoms. The molecular formula is C16H17N5O. The molecule has 0 N–H and O–H groups in total. The number of aromatic nitrogens is 4. The second-order valence-corrected chi connectivity index (χ2v) is 5.54. The first-order chi connectivity index (χ1) is 10.8. The second kappa shape index (κ2) is 5.29. The zero-order chi connectivity index (χ0) is 14.9. The third-order valence-corrected chi connectivity index (χ3v) is 4.11. The monoisotopic (exact) mass is 295 g/mol. The van der Waals surface area contributed by atoms with Crippen molar-refractivity contribution in [2.45, 2.75) is 19.3 Å². The van der Waals surface area contributed by atoms with Gasteiger partial charge in [0.2, 0.25) is 0 Å². The molecule has 3 heterocycles. The molecule has 0 unspecified atom stereocenters. The summed E-state index contributed by atoms with van der Waals surface area (Å²) in [4.78, 5) is 17.2. The molecule has 4 rings (SSSR count). The van der Waals surface area contributed by atoms with E-state index in [1.807, 2.05) is 30.3 Å². The van der Waals surface area contributed by atoms with Gasteiger partial charge in [-0.15, -0.1) is 0 Å². The van der Waals surface area contributed by atoms with Crippen LogP contribution in [0.1, 0.15) is 19.3 Å². The Morgan fingerprint density at radius 3 is 2.55 bits per heavy atom. The normalized spacial score (nSPS) is 15.4. The molecule has 1 saturated heterocycles. The van der Waals surface area contributed by atoms with Gasteiger partial charge in [0.25, 0.3) is 5.56 Å². The lowest BCUT2D eigenvalue weighted by atomic mass is 10.2. The summed E-state index contributed by atoms with van der Waals surface area (Å²) in [5, 5.41) is 6.96. The van der Waals surface area contributed by atoms with Crippen LogP contribution in [-0.2, 0) is 0 Å². The Morgan fingerprint density at radius 1 is 1.00 bits per heavy atom. The highest BCUT2D eigenvalue weighted by atomic mass is 16.1. The molecule has 1 fully saturated rings. The van der Waals surface area contributed by atoms with E-state index >= 15 is 0 Å². The third-order valence-electron chi connectivity index (χ3n) is 4.11. The molecule has 0 spiro atoms. The van der Waals surface area contributed by atoms with Crippen molar-refractivity contribution in [3.8, 4) is 5.69 Å². The maximum Gasteiger partial charge on any atom is 0.283 e. The van der Waals surface area contributed by atoms with Crippen LogP contribution in [-0.4, -0.2) is 32.5 Å². The van der Waals surface area contributed by atoms with Crippen molar-refractivity contribution in [1.29, 1.82) is 0 Å². The number of nitrogens with zero attached hydrogens (tertiary/aromatic N) is 5. The molecule has 0 aliphatic carbocycles. The molecule has 1 aliphatic rings. The number of para-hydroxylation sites is 1. The minimum absolute atomic E-state index is 0.0471. The summed E-state index contributed by atoms with van der Waals surface area (Å²) >= 11 is 0. The van der Waals surface area contributed by atoms with Crippen LogP contribution < -0.4 is 10.6 Å². The Labute approximate surface area is 127 Å². The van der Waals surface area contributed by atoms with Crippen LogP contribution in [0.5, 0.6) is 0 Å². The molecule has 1 aromatic carbocycles. The van der Waals surface area contributed by atoms with E-state index in [4.69, 9.17) is 0 Å². The molecule has 0 saturated carbocycles. The Bertz CT molecular complexity index is 846. The van der Waals surface area contributed by atoms with Crippen molar-refractivity contribution in [3.05, 3.63) is 53.2 Å². The van der Waals surface area contributed by atoms with Crippen LogP contribution >= 0.6 is 0 Å². The van der Waals surface area contributed by atoms with E-state index in [1.54, 1.807) is 21.9 Å². The van der Waals surface area contributed by atoms with Gasteiger partial charge in [-0.1, -0.05) is 18.2 Å². The first kappa shape index (κ1) is 13.1. The Hall–Kier alpha value is -2.63. The highest BCUT2D eigenvalue weighted by Crippen LogP contribution is 2.13. The summed E-state index contributed by atoms with van der Waals surface area (Å²) in [5.74, 6) is 0. The molecule has 6 nitrogen and oxygen atoms in total. The first-order valence-corrected chi connectivity index (χ1v) is 7.60. The summed E-state index contributed by atoms with van der Waals surface area (Å²) in [6.45, 7) is 1.81. The van der Waals surface area contributed by atoms with Gasteiger partial charge in [0, 0.05) is 13.1 Å². The van der Waals surface area contributed by atoms with Crippen molar-refractivity contribution >= 4 is 11.0 Å². The third kappa shape index (κ3) is 2.07. The van der Waals surface area contributed by atoms with E-state index in [2.05, 4.69) is 15.1 Å². The van der Waals surface area contributed by atoms with Gasteiger partial charge in [0.05, 0.1) is 11.9 Å². The molecule has 0 atom stereocenters. The van der Waals surface area contributed by atoms with E-state index in [1.165, 1.54) is 6.42 Å². The molecule has 6 heteroatoms. The number of benzene rings is 1. The largest absolute Gasteiger partial charge is 0.309 e. The van der Waals surface area contributed by atoms with E-state index in [-0.39, 0.29) is 5.56 Å². The summed E-state index contributed by atoms with van der Waals surface area (Å²) in [6.07, 6.45) is 6.70. The van der Waals surface area contributed by atoms with Crippen molar-refractivity contribution in [1.82, 2.24) is 19.4 Å². The van der Waals surface area contributed by atoms with E-state index in [9.17, 15) is 4.79 Å². The van der Waals surface area contributed by atoms with Gasteiger partial charge in [-0.05, 0) is 31.4 Å². The molecule has 112 valence electrons. The van der Waals surface area contributed by atoms with Gasteiger partial charge < -0.3 is 5.01 Å². The molecular weight excluding hydrogens is 278 g/mol. The zero-order valence-corrected chi connectivity index (χ0v) is 12.2. The smallest absolute Gasteiger partial charge is 0.283 e. The number of hydrogen-bond donors (Lipinski definition) is 0. The maximum atomic E-state index is 12.7. The SMILES string of the molecule is O=c1c2cnn(-c3ccccc3)c2ncn1N1CCCCC1. The van der Waals surface area contributed by atoms with Crippen molar-refractivity contribution < 1.29 is 0 Å². The molecule has 3 aromatic rings. The van der Waals surface area contributed by atoms with Gasteiger partial charge in [-0.2, -0.15) is 5.10 Å². The van der Waals surface area contributed by atoms with Crippen LogP contribution in [0.15, 0.2) is 47.7 Å². The Morgan fingerprint density at radius 2 is 1.77 bits per heavy atom. The Kier molecular flexibility index (Phi) is 3.14. The number of hydrogen-bond acceptors (Lipinski definition) is 4. The van der Waals surface area contributed by atoms with Crippen LogP contribution in [0, 0.1) is 0 Å². The summed E-state index contributed by atoms with van der Waals surface area (Å²) in [7, 11) is 0. The van der Waals surface area contributed by atoms with E-state index in [0.29, 0.717) is 11.0 Å². The molecule has 0 radical (unpaired) electrons. The minimum atomic E-state index is -0.0471. The topological polar surface area (TPSA) is 56.0 Å². The highest BCUT2D eigenvalue weighted by Gasteiger charge is 2.16. The fourth-order valence-electron chi connectivity index (χ4n) is 2.95. The minimum Gasteiger partial charge on any atom is -0.309 e. The number of rotatable bonds is 2. The van der Waals surface area contributed by atoms with Gasteiger partial charge in [-0.25, -0.2) is 14.3 Å². The quantitative estimate of drug-likeness (QED) is 0.722. The molecule has 0 bridgehead atoms.